The third-order valence-corrected chi connectivity index (χ3v) is 6.82. The second-order valence-electron chi connectivity index (χ2n) is 11.1. The smallest absolute Gasteiger partial charge is 0.408 e. The lowest BCUT2D eigenvalue weighted by atomic mass is 9.93. The first-order valence-corrected chi connectivity index (χ1v) is 13.4. The number of rotatable bonds is 10. The van der Waals surface area contributed by atoms with Gasteiger partial charge < -0.3 is 30.5 Å². The van der Waals surface area contributed by atoms with E-state index in [1.165, 1.54) is 11.0 Å². The van der Waals surface area contributed by atoms with E-state index in [1.54, 1.807) is 39.8 Å². The van der Waals surface area contributed by atoms with E-state index in [4.69, 9.17) is 4.74 Å². The Morgan fingerprint density at radius 1 is 1.16 bits per heavy atom. The molecule has 1 fully saturated rings. The highest BCUT2D eigenvalue weighted by Gasteiger charge is 2.38. The summed E-state index contributed by atoms with van der Waals surface area (Å²) in [4.78, 5) is 41.7. The van der Waals surface area contributed by atoms with Gasteiger partial charge in [0.1, 0.15) is 23.4 Å². The lowest BCUT2D eigenvalue weighted by molar-refractivity contribution is -0.144. The fourth-order valence-corrected chi connectivity index (χ4v) is 4.62. The molecule has 1 saturated carbocycles. The Morgan fingerprint density at radius 3 is 2.35 bits per heavy atom. The van der Waals surface area contributed by atoms with Gasteiger partial charge in [-0.2, -0.15) is 0 Å². The molecule has 0 spiro atoms. The number of carbonyl (C=O) groups excluding carboxylic acids is 3. The first-order valence-electron chi connectivity index (χ1n) is 13.4. The number of alkyl carbamates (subject to hydrolysis) is 1. The molecule has 1 aromatic carbocycles. The van der Waals surface area contributed by atoms with Gasteiger partial charge in [0.15, 0.2) is 0 Å². The fraction of sp³-hybridized carbons (Fsp3) is 0.679. The van der Waals surface area contributed by atoms with E-state index in [9.17, 15) is 24.6 Å². The van der Waals surface area contributed by atoms with Crippen molar-refractivity contribution in [2.45, 2.75) is 104 Å². The van der Waals surface area contributed by atoms with Crippen LogP contribution in [0.25, 0.3) is 0 Å². The van der Waals surface area contributed by atoms with Gasteiger partial charge in [0.05, 0.1) is 6.61 Å². The normalized spacial score (nSPS) is 16.8. The standard InChI is InChI=1S/C28H45N3O6/c1-7-18(2)23(30-27(36)37-28(4,5)6)26(35)31(15-16-32)24(20-13-14-22(33)19(3)17-20)25(34)29-21-11-9-8-10-12-21/h13-14,17-18,21,23-24,32-33H,7-12,15-16H2,1-6H3,(H,29,34)(H,30,36). The molecule has 3 atom stereocenters. The van der Waals surface area contributed by atoms with Crippen LogP contribution in [0, 0.1) is 12.8 Å². The number of phenols is 1. The second kappa shape index (κ2) is 13.7. The van der Waals surface area contributed by atoms with Gasteiger partial charge in [0.2, 0.25) is 11.8 Å². The van der Waals surface area contributed by atoms with E-state index in [1.807, 2.05) is 13.8 Å². The summed E-state index contributed by atoms with van der Waals surface area (Å²) >= 11 is 0. The summed E-state index contributed by atoms with van der Waals surface area (Å²) in [5.41, 5.74) is 0.337. The van der Waals surface area contributed by atoms with Crippen LogP contribution in [-0.4, -0.2) is 63.9 Å². The lowest BCUT2D eigenvalue weighted by Gasteiger charge is -2.36. The van der Waals surface area contributed by atoms with Gasteiger partial charge in [-0.15, -0.1) is 0 Å². The number of aliphatic hydroxyl groups excluding tert-OH is 1. The number of phenolic OH excluding ortho intramolecular Hbond substituents is 1. The second-order valence-corrected chi connectivity index (χ2v) is 11.1. The Balaban J connectivity index is 2.47. The van der Waals surface area contributed by atoms with Crippen molar-refractivity contribution in [3.8, 4) is 5.75 Å². The number of nitrogens with one attached hydrogen (secondary N) is 2. The third-order valence-electron chi connectivity index (χ3n) is 6.82. The minimum absolute atomic E-state index is 0.0123. The average Bonchev–Trinajstić information content (AvgIpc) is 2.83. The van der Waals surface area contributed by atoms with Crippen LogP contribution in [0.3, 0.4) is 0 Å². The highest BCUT2D eigenvalue weighted by Crippen LogP contribution is 2.29. The Bertz CT molecular complexity index is 923. The van der Waals surface area contributed by atoms with Gasteiger partial charge in [-0.05, 0) is 69.7 Å². The van der Waals surface area contributed by atoms with Crippen LogP contribution in [0.4, 0.5) is 4.79 Å². The molecule has 2 rings (SSSR count). The largest absolute Gasteiger partial charge is 0.508 e. The van der Waals surface area contributed by atoms with Gasteiger partial charge in [-0.25, -0.2) is 4.79 Å². The summed E-state index contributed by atoms with van der Waals surface area (Å²) < 4.78 is 5.40. The zero-order chi connectivity index (χ0) is 27.8. The number of aromatic hydroxyl groups is 1. The lowest BCUT2D eigenvalue weighted by Crippen LogP contribution is -2.56. The van der Waals surface area contributed by atoms with Crippen LogP contribution < -0.4 is 10.6 Å². The van der Waals surface area contributed by atoms with Crippen molar-refractivity contribution in [2.24, 2.45) is 5.92 Å². The SMILES string of the molecule is CCC(C)C(NC(=O)OC(C)(C)C)C(=O)N(CCO)C(C(=O)NC1CCCCC1)c1ccc(O)c(C)c1. The quantitative estimate of drug-likeness (QED) is 0.371. The maximum absolute atomic E-state index is 14.0. The number of nitrogens with zero attached hydrogens (tertiary/aromatic N) is 1. The predicted octanol–water partition coefficient (Wildman–Crippen LogP) is 3.95. The van der Waals surface area contributed by atoms with E-state index in [2.05, 4.69) is 10.6 Å². The molecule has 37 heavy (non-hydrogen) atoms. The van der Waals surface area contributed by atoms with Crippen molar-refractivity contribution in [2.75, 3.05) is 13.2 Å². The summed E-state index contributed by atoms with van der Waals surface area (Å²) in [5.74, 6) is -1.01. The first-order chi connectivity index (χ1) is 17.4. The van der Waals surface area contributed by atoms with E-state index in [0.29, 0.717) is 17.5 Å². The van der Waals surface area contributed by atoms with Crippen LogP contribution in [0.2, 0.25) is 0 Å². The molecule has 208 valence electrons. The minimum Gasteiger partial charge on any atom is -0.508 e. The van der Waals surface area contributed by atoms with E-state index >= 15 is 0 Å². The molecular formula is C28H45N3O6. The number of aryl methyl sites for hydroxylation is 1. The Hall–Kier alpha value is -2.81. The molecule has 9 heteroatoms. The van der Waals surface area contributed by atoms with E-state index < -0.39 is 29.7 Å². The maximum atomic E-state index is 14.0. The average molecular weight is 520 g/mol. The summed E-state index contributed by atoms with van der Waals surface area (Å²) in [6.07, 6.45) is 4.81. The Labute approximate surface area is 221 Å². The molecule has 1 aliphatic rings. The number of amides is 3. The highest BCUT2D eigenvalue weighted by atomic mass is 16.6. The van der Waals surface area contributed by atoms with Crippen molar-refractivity contribution in [1.82, 2.24) is 15.5 Å². The first kappa shape index (κ1) is 30.4. The van der Waals surface area contributed by atoms with Gasteiger partial charge in [0, 0.05) is 12.6 Å². The van der Waals surface area contributed by atoms with Crippen LogP contribution >= 0.6 is 0 Å². The molecule has 0 bridgehead atoms. The topological polar surface area (TPSA) is 128 Å². The number of benzene rings is 1. The van der Waals surface area contributed by atoms with Gasteiger partial charge in [-0.3, -0.25) is 9.59 Å². The van der Waals surface area contributed by atoms with Crippen molar-refractivity contribution in [3.05, 3.63) is 29.3 Å². The van der Waals surface area contributed by atoms with Crippen LogP contribution in [-0.2, 0) is 14.3 Å². The fourth-order valence-electron chi connectivity index (χ4n) is 4.62. The van der Waals surface area contributed by atoms with Crippen molar-refractivity contribution >= 4 is 17.9 Å². The molecule has 0 saturated heterocycles. The zero-order valence-corrected chi connectivity index (χ0v) is 23.2. The number of aliphatic hydroxyl groups is 1. The molecule has 1 aliphatic carbocycles. The molecule has 3 unspecified atom stereocenters. The Kier molecular flexibility index (Phi) is 11.2. The van der Waals surface area contributed by atoms with Crippen molar-refractivity contribution in [1.29, 1.82) is 0 Å². The van der Waals surface area contributed by atoms with Gasteiger partial charge >= 0.3 is 6.09 Å². The highest BCUT2D eigenvalue weighted by molar-refractivity contribution is 5.92. The Morgan fingerprint density at radius 2 is 1.81 bits per heavy atom. The number of hydrogen-bond acceptors (Lipinski definition) is 6. The monoisotopic (exact) mass is 519 g/mol. The summed E-state index contributed by atoms with van der Waals surface area (Å²) in [6.45, 7) is 10.2. The van der Waals surface area contributed by atoms with Gasteiger partial charge in [0.25, 0.3) is 0 Å². The molecule has 9 nitrogen and oxygen atoms in total. The molecule has 1 aromatic rings. The van der Waals surface area contributed by atoms with Crippen LogP contribution in [0.15, 0.2) is 18.2 Å². The minimum atomic E-state index is -1.05. The number of hydrogen-bond donors (Lipinski definition) is 4. The predicted molar refractivity (Wildman–Crippen MR) is 142 cm³/mol. The van der Waals surface area contributed by atoms with Gasteiger partial charge in [-0.1, -0.05) is 45.6 Å². The zero-order valence-electron chi connectivity index (χ0n) is 23.2. The van der Waals surface area contributed by atoms with Crippen molar-refractivity contribution < 1.29 is 29.3 Å². The van der Waals surface area contributed by atoms with Crippen LogP contribution in [0.1, 0.15) is 90.3 Å². The summed E-state index contributed by atoms with van der Waals surface area (Å²) in [6, 6.07) is 2.79. The van der Waals surface area contributed by atoms with Crippen LogP contribution in [0.5, 0.6) is 5.75 Å². The van der Waals surface area contributed by atoms with E-state index in [0.717, 1.165) is 32.1 Å². The molecule has 0 heterocycles. The maximum Gasteiger partial charge on any atom is 0.408 e. The van der Waals surface area contributed by atoms with Crippen molar-refractivity contribution in [3.63, 3.8) is 0 Å². The summed E-state index contributed by atoms with van der Waals surface area (Å²) in [5, 5.41) is 25.8. The number of ether oxygens (including phenoxy) is 1. The third kappa shape index (κ3) is 8.91. The molecule has 4 N–H and O–H groups in total. The molecule has 3 amide bonds. The molecule has 0 radical (unpaired) electrons. The summed E-state index contributed by atoms with van der Waals surface area (Å²) in [7, 11) is 0. The molecule has 0 aromatic heterocycles. The molecular weight excluding hydrogens is 474 g/mol. The number of carbonyl (C=O) groups is 3. The molecule has 0 aliphatic heterocycles. The van der Waals surface area contributed by atoms with E-state index in [-0.39, 0.29) is 36.8 Å².